The van der Waals surface area contributed by atoms with Crippen LogP contribution in [0.2, 0.25) is 0 Å². The zero-order chi connectivity index (χ0) is 19.0. The lowest BCUT2D eigenvalue weighted by Gasteiger charge is -2.27. The van der Waals surface area contributed by atoms with Gasteiger partial charge in [0.05, 0.1) is 0 Å². The smallest absolute Gasteiger partial charge is 0.415 e. The number of carbonyl (C=O) groups is 1. The summed E-state index contributed by atoms with van der Waals surface area (Å²) in [6.45, 7) is 0. The average Bonchev–Trinajstić information content (AvgIpc) is 2.70. The minimum absolute atomic E-state index is 0.302. The molecule has 0 spiro atoms. The second kappa shape index (κ2) is 9.06. The van der Waals surface area contributed by atoms with E-state index in [1.54, 1.807) is 48.5 Å². The number of carbonyl (C=O) groups excluding carboxylic acids is 1. The fourth-order valence-electron chi connectivity index (χ4n) is 2.58. The molecule has 138 valence electrons. The molecule has 0 saturated heterocycles. The van der Waals surface area contributed by atoms with Gasteiger partial charge in [0.25, 0.3) is 0 Å². The van der Waals surface area contributed by atoms with Crippen molar-refractivity contribution < 1.29 is 18.4 Å². The summed E-state index contributed by atoms with van der Waals surface area (Å²) < 4.78 is 25.4. The Bertz CT molecular complexity index is 842. The van der Waals surface area contributed by atoms with Crippen molar-refractivity contribution in [3.05, 3.63) is 96.6 Å². The predicted molar refractivity (Wildman–Crippen MR) is 105 cm³/mol. The molecule has 1 N–H and O–H groups in total. The van der Waals surface area contributed by atoms with Gasteiger partial charge in [-0.25, -0.2) is 4.57 Å². The van der Waals surface area contributed by atoms with Gasteiger partial charge in [-0.15, -0.1) is 0 Å². The van der Waals surface area contributed by atoms with Crippen molar-refractivity contribution in [2.75, 3.05) is 0 Å². The molecule has 0 aromatic heterocycles. The molecule has 0 saturated carbocycles. The van der Waals surface area contributed by atoms with Gasteiger partial charge in [-0.05, 0) is 29.8 Å². The first kappa shape index (κ1) is 18.7. The van der Waals surface area contributed by atoms with Gasteiger partial charge in [0, 0.05) is 6.42 Å². The van der Waals surface area contributed by atoms with Gasteiger partial charge < -0.3 is 14.4 Å². The summed E-state index contributed by atoms with van der Waals surface area (Å²) in [5.41, 5.74) is 0.908. The summed E-state index contributed by atoms with van der Waals surface area (Å²) >= 11 is 0. The first-order chi connectivity index (χ1) is 13.2. The fourth-order valence-corrected chi connectivity index (χ4v) is 4.38. The van der Waals surface area contributed by atoms with Crippen LogP contribution in [-0.4, -0.2) is 12.2 Å². The average molecular weight is 381 g/mol. The van der Waals surface area contributed by atoms with Crippen LogP contribution in [0, 0.1) is 0 Å². The van der Waals surface area contributed by atoms with Gasteiger partial charge in [-0.3, -0.25) is 4.79 Å². The van der Waals surface area contributed by atoms with E-state index in [-0.39, 0.29) is 0 Å². The molecule has 3 rings (SSSR count). The van der Waals surface area contributed by atoms with Gasteiger partial charge in [-0.2, -0.15) is 0 Å². The first-order valence-electron chi connectivity index (χ1n) is 8.52. The van der Waals surface area contributed by atoms with Crippen molar-refractivity contribution in [2.24, 2.45) is 0 Å². The highest BCUT2D eigenvalue weighted by Gasteiger charge is 2.39. The minimum Gasteiger partial charge on any atom is -0.415 e. The summed E-state index contributed by atoms with van der Waals surface area (Å²) in [7, 11) is -3.80. The third kappa shape index (κ3) is 5.22. The highest BCUT2D eigenvalue weighted by atomic mass is 31.2. The van der Waals surface area contributed by atoms with Crippen LogP contribution < -0.4 is 14.4 Å². The van der Waals surface area contributed by atoms with Crippen LogP contribution >= 0.6 is 7.60 Å². The first-order valence-corrected chi connectivity index (χ1v) is 10.1. The SMILES string of the molecule is O=CNC(Cc1ccccc1)P(=O)(Oc1ccccc1)Oc1ccccc1. The summed E-state index contributed by atoms with van der Waals surface area (Å²) in [4.78, 5) is 11.2. The molecule has 3 aromatic rings. The summed E-state index contributed by atoms with van der Waals surface area (Å²) in [6, 6.07) is 27.0. The van der Waals surface area contributed by atoms with Crippen molar-refractivity contribution >= 4 is 14.0 Å². The van der Waals surface area contributed by atoms with Gasteiger partial charge in [0.1, 0.15) is 11.5 Å². The molecule has 1 amide bonds. The van der Waals surface area contributed by atoms with Crippen LogP contribution in [0.25, 0.3) is 0 Å². The van der Waals surface area contributed by atoms with Crippen molar-refractivity contribution in [1.29, 1.82) is 0 Å². The maximum atomic E-state index is 13.8. The maximum Gasteiger partial charge on any atom is 0.453 e. The minimum atomic E-state index is -3.80. The van der Waals surface area contributed by atoms with Gasteiger partial charge in [0.2, 0.25) is 6.41 Å². The second-order valence-corrected chi connectivity index (χ2v) is 7.91. The Kier molecular flexibility index (Phi) is 6.29. The van der Waals surface area contributed by atoms with E-state index < -0.39 is 13.4 Å². The Morgan fingerprint density at radius 1 is 0.778 bits per heavy atom. The molecule has 6 heteroatoms. The highest BCUT2D eigenvalue weighted by Crippen LogP contribution is 2.52. The van der Waals surface area contributed by atoms with E-state index in [2.05, 4.69) is 5.32 Å². The van der Waals surface area contributed by atoms with Gasteiger partial charge in [0.15, 0.2) is 5.78 Å². The third-order valence-corrected chi connectivity index (χ3v) is 5.89. The monoisotopic (exact) mass is 381 g/mol. The topological polar surface area (TPSA) is 64.6 Å². The molecule has 1 unspecified atom stereocenters. The molecule has 0 bridgehead atoms. The number of para-hydroxylation sites is 2. The number of hydrogen-bond donors (Lipinski definition) is 1. The van der Waals surface area contributed by atoms with Crippen molar-refractivity contribution in [2.45, 2.75) is 12.2 Å². The Hall–Kier alpha value is -3.04. The van der Waals surface area contributed by atoms with Crippen LogP contribution in [0.5, 0.6) is 11.5 Å². The summed E-state index contributed by atoms with van der Waals surface area (Å²) in [6.07, 6.45) is 0.819. The lowest BCUT2D eigenvalue weighted by atomic mass is 10.1. The van der Waals surface area contributed by atoms with Crippen LogP contribution in [0.3, 0.4) is 0 Å². The van der Waals surface area contributed by atoms with Crippen molar-refractivity contribution in [1.82, 2.24) is 5.32 Å². The lowest BCUT2D eigenvalue weighted by molar-refractivity contribution is -0.109. The van der Waals surface area contributed by atoms with Crippen molar-refractivity contribution in [3.63, 3.8) is 0 Å². The van der Waals surface area contributed by atoms with Gasteiger partial charge >= 0.3 is 7.60 Å². The number of rotatable bonds is 9. The van der Waals surface area contributed by atoms with Crippen molar-refractivity contribution in [3.8, 4) is 11.5 Å². The quantitative estimate of drug-likeness (QED) is 0.433. The van der Waals surface area contributed by atoms with E-state index in [0.29, 0.717) is 24.3 Å². The van der Waals surface area contributed by atoms with Crippen LogP contribution in [-0.2, 0) is 15.8 Å². The molecule has 0 fully saturated rings. The Balaban J connectivity index is 1.94. The highest BCUT2D eigenvalue weighted by molar-refractivity contribution is 7.55. The van der Waals surface area contributed by atoms with Gasteiger partial charge in [-0.1, -0.05) is 66.7 Å². The Morgan fingerprint density at radius 2 is 1.22 bits per heavy atom. The zero-order valence-electron chi connectivity index (χ0n) is 14.6. The normalized spacial score (nSPS) is 12.0. The standard InChI is InChI=1S/C21H20NO4P/c23-17-22-21(16-18-10-4-1-5-11-18)27(24,25-19-12-6-2-7-13-19)26-20-14-8-3-9-15-20/h1-15,17,21H,16H2,(H,22,23). The summed E-state index contributed by atoms with van der Waals surface area (Å²) in [5, 5.41) is 2.62. The van der Waals surface area contributed by atoms with Crippen LogP contribution in [0.4, 0.5) is 0 Å². The third-order valence-electron chi connectivity index (χ3n) is 3.87. The zero-order valence-corrected chi connectivity index (χ0v) is 15.5. The molecule has 1 atom stereocenters. The molecule has 0 radical (unpaired) electrons. The van der Waals surface area contributed by atoms with E-state index >= 15 is 0 Å². The number of nitrogens with one attached hydrogen (secondary N) is 1. The molecule has 27 heavy (non-hydrogen) atoms. The largest absolute Gasteiger partial charge is 0.453 e. The predicted octanol–water partition coefficient (Wildman–Crippen LogP) is 4.65. The van der Waals surface area contributed by atoms with E-state index in [1.807, 2.05) is 42.5 Å². The number of amides is 1. The molecule has 0 aliphatic rings. The Labute approximate surface area is 158 Å². The number of hydrogen-bond acceptors (Lipinski definition) is 4. The molecule has 0 heterocycles. The summed E-state index contributed by atoms with van der Waals surface area (Å²) in [5.74, 6) is -0.0390. The second-order valence-electron chi connectivity index (χ2n) is 5.84. The number of benzene rings is 3. The molecule has 5 nitrogen and oxygen atoms in total. The van der Waals surface area contributed by atoms with E-state index in [9.17, 15) is 9.36 Å². The molecule has 3 aromatic carbocycles. The Morgan fingerprint density at radius 3 is 1.67 bits per heavy atom. The maximum absolute atomic E-state index is 13.8. The molecule has 0 aliphatic heterocycles. The van der Waals surface area contributed by atoms with Crippen LogP contribution in [0.1, 0.15) is 5.56 Å². The molecular weight excluding hydrogens is 361 g/mol. The van der Waals surface area contributed by atoms with E-state index in [1.165, 1.54) is 0 Å². The van der Waals surface area contributed by atoms with Crippen LogP contribution in [0.15, 0.2) is 91.0 Å². The molecular formula is C21H20NO4P. The van der Waals surface area contributed by atoms with E-state index in [0.717, 1.165) is 5.56 Å². The van der Waals surface area contributed by atoms with E-state index in [4.69, 9.17) is 9.05 Å². The lowest BCUT2D eigenvalue weighted by Crippen LogP contribution is -2.33. The fraction of sp³-hybridized carbons (Fsp3) is 0.0952. The molecule has 0 aliphatic carbocycles.